The van der Waals surface area contributed by atoms with Gasteiger partial charge in [-0.25, -0.2) is 0 Å². The van der Waals surface area contributed by atoms with Gasteiger partial charge in [0.2, 0.25) is 0 Å². The summed E-state index contributed by atoms with van der Waals surface area (Å²) in [6, 6.07) is 5.16. The molecule has 4 heterocycles. The summed E-state index contributed by atoms with van der Waals surface area (Å²) in [6.45, 7) is 6.83. The molecule has 2 aliphatic rings. The fourth-order valence-corrected chi connectivity index (χ4v) is 3.79. The van der Waals surface area contributed by atoms with Gasteiger partial charge in [-0.1, -0.05) is 13.8 Å². The van der Waals surface area contributed by atoms with Crippen molar-refractivity contribution in [2.75, 3.05) is 19.6 Å². The van der Waals surface area contributed by atoms with E-state index in [1.165, 1.54) is 0 Å². The topological polar surface area (TPSA) is 91.3 Å². The summed E-state index contributed by atoms with van der Waals surface area (Å²) in [7, 11) is 0. The molecule has 0 atom stereocenters. The first-order valence-corrected chi connectivity index (χ1v) is 9.82. The molecule has 2 aliphatic heterocycles. The Hall–Kier alpha value is -2.90. The molecule has 28 heavy (non-hydrogen) atoms. The summed E-state index contributed by atoms with van der Waals surface area (Å²) in [6.07, 6.45) is 2.07. The zero-order valence-corrected chi connectivity index (χ0v) is 16.3. The summed E-state index contributed by atoms with van der Waals surface area (Å²) >= 11 is 0. The van der Waals surface area contributed by atoms with Gasteiger partial charge >= 0.3 is 0 Å². The third-order valence-corrected chi connectivity index (χ3v) is 5.48. The van der Waals surface area contributed by atoms with E-state index in [-0.39, 0.29) is 28.9 Å². The number of hydrogen-bond acceptors (Lipinski definition) is 4. The number of likely N-dealkylation sites (tertiary alicyclic amines) is 1. The van der Waals surface area contributed by atoms with Gasteiger partial charge in [0.05, 0.1) is 18.8 Å². The van der Waals surface area contributed by atoms with Crippen LogP contribution in [0.4, 0.5) is 0 Å². The van der Waals surface area contributed by atoms with E-state index in [1.54, 1.807) is 27.8 Å². The van der Waals surface area contributed by atoms with E-state index in [4.69, 9.17) is 0 Å². The maximum Gasteiger partial charge on any atom is 0.274 e. The molecule has 0 aliphatic carbocycles. The van der Waals surface area contributed by atoms with Gasteiger partial charge in [-0.15, -0.1) is 0 Å². The number of nitrogens with one attached hydrogen (secondary N) is 1. The molecule has 4 rings (SSSR count). The van der Waals surface area contributed by atoms with Gasteiger partial charge in [0.15, 0.2) is 5.69 Å². The van der Waals surface area contributed by atoms with Gasteiger partial charge in [0, 0.05) is 25.3 Å². The fourth-order valence-electron chi connectivity index (χ4n) is 3.79. The molecule has 0 saturated carbocycles. The highest BCUT2D eigenvalue weighted by atomic mass is 16.2. The van der Waals surface area contributed by atoms with Gasteiger partial charge in [-0.2, -0.15) is 5.10 Å². The highest BCUT2D eigenvalue weighted by Gasteiger charge is 2.28. The Bertz CT molecular complexity index is 968. The average Bonchev–Trinajstić information content (AvgIpc) is 3.35. The molecule has 1 N–H and O–H groups in total. The van der Waals surface area contributed by atoms with Crippen molar-refractivity contribution in [3.63, 3.8) is 0 Å². The highest BCUT2D eigenvalue weighted by molar-refractivity contribution is 5.94. The molecule has 8 heteroatoms. The Labute approximate surface area is 163 Å². The molecule has 0 aromatic carbocycles. The normalized spacial score (nSPS) is 16.5. The Morgan fingerprint density at radius 2 is 1.79 bits per heavy atom. The molecular weight excluding hydrogens is 358 g/mol. The van der Waals surface area contributed by atoms with Crippen LogP contribution in [0.25, 0.3) is 0 Å². The van der Waals surface area contributed by atoms with Gasteiger partial charge in [-0.3, -0.25) is 19.1 Å². The second-order valence-corrected chi connectivity index (χ2v) is 7.78. The Morgan fingerprint density at radius 3 is 2.46 bits per heavy atom. The predicted molar refractivity (Wildman–Crippen MR) is 103 cm³/mol. The van der Waals surface area contributed by atoms with Crippen molar-refractivity contribution in [3.05, 3.63) is 51.2 Å². The number of carbonyl (C=O) groups excluding carboxylic acids is 2. The van der Waals surface area contributed by atoms with Crippen LogP contribution in [-0.2, 0) is 13.1 Å². The lowest BCUT2D eigenvalue weighted by Crippen LogP contribution is -2.40. The number of aromatic nitrogens is 3. The zero-order chi connectivity index (χ0) is 19.8. The average molecular weight is 383 g/mol. The number of carbonyl (C=O) groups is 2. The minimum Gasteiger partial charge on any atom is -0.337 e. The third kappa shape index (κ3) is 3.34. The van der Waals surface area contributed by atoms with Crippen molar-refractivity contribution in [2.45, 2.75) is 45.7 Å². The number of rotatable bonds is 3. The third-order valence-electron chi connectivity index (χ3n) is 5.48. The predicted octanol–water partition coefficient (Wildman–Crippen LogP) is 1.59. The summed E-state index contributed by atoms with van der Waals surface area (Å²) in [5.41, 5.74) is 1.84. The van der Waals surface area contributed by atoms with E-state index in [9.17, 15) is 14.4 Å². The molecule has 0 bridgehead atoms. The number of pyridine rings is 1. The lowest BCUT2D eigenvalue weighted by Gasteiger charge is -2.27. The molecule has 1 fully saturated rings. The second-order valence-electron chi connectivity index (χ2n) is 7.78. The van der Waals surface area contributed by atoms with Crippen molar-refractivity contribution in [1.82, 2.24) is 24.6 Å². The fraction of sp³-hybridized carbons (Fsp3) is 0.500. The largest absolute Gasteiger partial charge is 0.337 e. The van der Waals surface area contributed by atoms with Crippen LogP contribution in [0.2, 0.25) is 0 Å². The van der Waals surface area contributed by atoms with E-state index in [2.05, 4.69) is 10.1 Å². The first-order chi connectivity index (χ1) is 13.4. The Kier molecular flexibility index (Phi) is 4.78. The van der Waals surface area contributed by atoms with Gasteiger partial charge < -0.3 is 14.8 Å². The Balaban J connectivity index is 1.51. The molecule has 0 spiro atoms. The summed E-state index contributed by atoms with van der Waals surface area (Å²) in [5, 5.41) is 4.43. The first kappa shape index (κ1) is 18.5. The summed E-state index contributed by atoms with van der Waals surface area (Å²) < 4.78 is 1.79. The first-order valence-electron chi connectivity index (χ1n) is 9.82. The van der Waals surface area contributed by atoms with E-state index < -0.39 is 0 Å². The number of hydrogen-bond donors (Lipinski definition) is 1. The molecular formula is C20H25N5O3. The monoisotopic (exact) mass is 383 g/mol. The van der Waals surface area contributed by atoms with Gasteiger partial charge in [0.1, 0.15) is 5.56 Å². The molecule has 148 valence electrons. The van der Waals surface area contributed by atoms with E-state index in [0.29, 0.717) is 25.3 Å². The Morgan fingerprint density at radius 1 is 1.04 bits per heavy atom. The number of nitrogens with zero attached hydrogens (tertiary/aromatic N) is 4. The van der Waals surface area contributed by atoms with Crippen LogP contribution in [0.15, 0.2) is 23.0 Å². The highest BCUT2D eigenvalue weighted by Crippen LogP contribution is 2.18. The number of fused-ring (bicyclic) bond motifs is 1. The maximum absolute atomic E-state index is 12.9. The van der Waals surface area contributed by atoms with E-state index in [1.807, 2.05) is 18.7 Å². The number of H-pyrrole nitrogens is 1. The van der Waals surface area contributed by atoms with Crippen LogP contribution in [0.5, 0.6) is 0 Å². The maximum atomic E-state index is 12.9. The summed E-state index contributed by atoms with van der Waals surface area (Å²) in [5.74, 6) is -0.151. The summed E-state index contributed by atoms with van der Waals surface area (Å²) in [4.78, 5) is 44.0. The van der Waals surface area contributed by atoms with E-state index in [0.717, 1.165) is 37.3 Å². The molecule has 2 aromatic rings. The number of amides is 2. The quantitative estimate of drug-likeness (QED) is 0.871. The minimum atomic E-state index is -0.361. The lowest BCUT2D eigenvalue weighted by atomic mass is 10.1. The van der Waals surface area contributed by atoms with Gasteiger partial charge in [-0.05, 0) is 37.0 Å². The molecule has 1 saturated heterocycles. The van der Waals surface area contributed by atoms with Crippen molar-refractivity contribution in [1.29, 1.82) is 0 Å². The molecule has 2 amide bonds. The van der Waals surface area contributed by atoms with Crippen LogP contribution >= 0.6 is 0 Å². The van der Waals surface area contributed by atoms with Crippen LogP contribution in [0.1, 0.15) is 64.8 Å². The lowest BCUT2D eigenvalue weighted by molar-refractivity contribution is 0.0702. The van der Waals surface area contributed by atoms with Crippen molar-refractivity contribution in [2.24, 2.45) is 0 Å². The standard InChI is InChI=1S/C20H25N5O3/c1-13(2)16-6-5-15(18(26)21-16)19(27)24-9-10-25-14(12-24)11-17(22-25)20(28)23-7-3-4-8-23/h5-6,11,13H,3-4,7-10,12H2,1-2H3,(H,21,26). The molecule has 0 unspecified atom stereocenters. The van der Waals surface area contributed by atoms with Crippen molar-refractivity contribution < 1.29 is 9.59 Å². The molecule has 0 radical (unpaired) electrons. The van der Waals surface area contributed by atoms with Crippen molar-refractivity contribution in [3.8, 4) is 0 Å². The van der Waals surface area contributed by atoms with Crippen LogP contribution in [-0.4, -0.2) is 56.0 Å². The molecule has 2 aromatic heterocycles. The zero-order valence-electron chi connectivity index (χ0n) is 16.3. The van der Waals surface area contributed by atoms with Crippen LogP contribution in [0, 0.1) is 0 Å². The van der Waals surface area contributed by atoms with E-state index >= 15 is 0 Å². The van der Waals surface area contributed by atoms with Crippen LogP contribution < -0.4 is 5.56 Å². The SMILES string of the molecule is CC(C)c1ccc(C(=O)N2CCn3nc(C(=O)N4CCCC4)cc3C2)c(=O)[nH]1. The molecule has 8 nitrogen and oxygen atoms in total. The number of aromatic amines is 1. The smallest absolute Gasteiger partial charge is 0.274 e. The second kappa shape index (κ2) is 7.26. The van der Waals surface area contributed by atoms with Crippen molar-refractivity contribution >= 4 is 11.8 Å². The minimum absolute atomic E-state index is 0.0435. The van der Waals surface area contributed by atoms with Gasteiger partial charge in [0.25, 0.3) is 17.4 Å². The van der Waals surface area contributed by atoms with Crippen LogP contribution in [0.3, 0.4) is 0 Å².